The first kappa shape index (κ1) is 21.3. The quantitative estimate of drug-likeness (QED) is 0.298. The largest absolute Gasteiger partial charge is 0.355 e. The number of thiazole rings is 1. The van der Waals surface area contributed by atoms with E-state index in [9.17, 15) is 0 Å². The van der Waals surface area contributed by atoms with Gasteiger partial charge in [-0.25, -0.2) is 4.98 Å². The van der Waals surface area contributed by atoms with Crippen molar-refractivity contribution < 1.29 is 0 Å². The predicted molar refractivity (Wildman–Crippen MR) is 121 cm³/mol. The molecule has 9 heteroatoms. The van der Waals surface area contributed by atoms with E-state index in [-0.39, 0.29) is 24.0 Å². The number of rotatable bonds is 7. The van der Waals surface area contributed by atoms with E-state index >= 15 is 0 Å². The number of guanidine groups is 1. The highest BCUT2D eigenvalue weighted by atomic mass is 127. The van der Waals surface area contributed by atoms with Crippen molar-refractivity contribution in [3.05, 3.63) is 53.6 Å². The van der Waals surface area contributed by atoms with Crippen LogP contribution in [0.15, 0.2) is 47.0 Å². The molecule has 2 heterocycles. The first-order valence-electron chi connectivity index (χ1n) is 8.61. The second-order valence-corrected chi connectivity index (χ2v) is 6.51. The Balaban J connectivity index is 0.00000261. The molecule has 0 unspecified atom stereocenters. The van der Waals surface area contributed by atoms with Crippen LogP contribution in [-0.2, 0) is 19.5 Å². The Morgan fingerprint density at radius 3 is 2.78 bits per heavy atom. The molecule has 0 spiro atoms. The van der Waals surface area contributed by atoms with Gasteiger partial charge in [-0.05, 0) is 0 Å². The maximum absolute atomic E-state index is 4.68. The van der Waals surface area contributed by atoms with Crippen molar-refractivity contribution >= 4 is 41.3 Å². The summed E-state index contributed by atoms with van der Waals surface area (Å²) < 4.78 is 2.05. The Bertz CT molecular complexity index is 844. The van der Waals surface area contributed by atoms with Crippen LogP contribution in [0.3, 0.4) is 0 Å². The van der Waals surface area contributed by atoms with E-state index in [1.807, 2.05) is 22.8 Å². The number of aromatic nitrogens is 4. The van der Waals surface area contributed by atoms with Crippen molar-refractivity contribution in [1.82, 2.24) is 30.4 Å². The fourth-order valence-electron chi connectivity index (χ4n) is 2.53. The molecule has 2 aromatic heterocycles. The van der Waals surface area contributed by atoms with Gasteiger partial charge in [0.05, 0.1) is 12.2 Å². The first-order valence-corrected chi connectivity index (χ1v) is 9.49. The molecule has 0 aliphatic carbocycles. The van der Waals surface area contributed by atoms with Crippen LogP contribution in [0, 0.1) is 0 Å². The molecule has 2 N–H and O–H groups in total. The highest BCUT2D eigenvalue weighted by Gasteiger charge is 2.06. The lowest BCUT2D eigenvalue weighted by Gasteiger charge is -2.11. The number of nitrogens with zero attached hydrogens (tertiary/aromatic N) is 5. The molecule has 144 valence electrons. The van der Waals surface area contributed by atoms with Crippen LogP contribution in [0.2, 0.25) is 0 Å². The average molecular weight is 497 g/mol. The molecule has 27 heavy (non-hydrogen) atoms. The molecule has 3 rings (SSSR count). The van der Waals surface area contributed by atoms with Crippen molar-refractivity contribution in [3.8, 4) is 10.6 Å². The lowest BCUT2D eigenvalue weighted by Crippen LogP contribution is -2.38. The molecule has 0 saturated carbocycles. The molecule has 0 amide bonds. The SMILES string of the molecule is CCc1nncn1CCNC(=NC)NCc1csc(-c2ccccc2)n1.I. The Hall–Kier alpha value is -2.01. The minimum atomic E-state index is 0. The smallest absolute Gasteiger partial charge is 0.191 e. The van der Waals surface area contributed by atoms with Gasteiger partial charge in [0.1, 0.15) is 17.2 Å². The van der Waals surface area contributed by atoms with Crippen LogP contribution in [0.1, 0.15) is 18.4 Å². The summed E-state index contributed by atoms with van der Waals surface area (Å²) in [5.41, 5.74) is 2.15. The molecule has 0 radical (unpaired) electrons. The summed E-state index contributed by atoms with van der Waals surface area (Å²) in [5.74, 6) is 1.75. The van der Waals surface area contributed by atoms with Crippen LogP contribution in [0.25, 0.3) is 10.6 Å². The monoisotopic (exact) mass is 497 g/mol. The van der Waals surface area contributed by atoms with Gasteiger partial charge in [-0.3, -0.25) is 4.99 Å². The Morgan fingerprint density at radius 2 is 2.04 bits per heavy atom. The van der Waals surface area contributed by atoms with Gasteiger partial charge < -0.3 is 15.2 Å². The van der Waals surface area contributed by atoms with Gasteiger partial charge in [-0.15, -0.1) is 45.5 Å². The maximum atomic E-state index is 4.68. The fourth-order valence-corrected chi connectivity index (χ4v) is 3.36. The third-order valence-electron chi connectivity index (χ3n) is 3.89. The van der Waals surface area contributed by atoms with Gasteiger partial charge in [0, 0.05) is 37.5 Å². The Kier molecular flexibility index (Phi) is 8.65. The van der Waals surface area contributed by atoms with Gasteiger partial charge >= 0.3 is 0 Å². The molecular weight excluding hydrogens is 473 g/mol. The average Bonchev–Trinajstić information content (AvgIpc) is 3.34. The number of benzene rings is 1. The molecule has 0 aliphatic rings. The van der Waals surface area contributed by atoms with E-state index < -0.39 is 0 Å². The standard InChI is InChI=1S/C18H23N7S.HI/c1-3-16-24-22-13-25(16)10-9-20-18(19-2)21-11-15-12-26-17(23-15)14-7-5-4-6-8-14;/h4-8,12-13H,3,9-11H2,1-2H3,(H2,19,20,21);1H. The van der Waals surface area contributed by atoms with Crippen molar-refractivity contribution in [2.45, 2.75) is 26.4 Å². The van der Waals surface area contributed by atoms with Crippen LogP contribution < -0.4 is 10.6 Å². The fraction of sp³-hybridized carbons (Fsp3) is 0.333. The van der Waals surface area contributed by atoms with E-state index in [1.165, 1.54) is 0 Å². The molecule has 0 bridgehead atoms. The van der Waals surface area contributed by atoms with E-state index in [2.05, 4.69) is 55.2 Å². The van der Waals surface area contributed by atoms with E-state index in [0.29, 0.717) is 6.54 Å². The number of halogens is 1. The van der Waals surface area contributed by atoms with Crippen LogP contribution in [-0.4, -0.2) is 39.3 Å². The number of hydrogen-bond donors (Lipinski definition) is 2. The first-order chi connectivity index (χ1) is 12.8. The summed E-state index contributed by atoms with van der Waals surface area (Å²) in [5, 5.41) is 17.8. The second-order valence-electron chi connectivity index (χ2n) is 5.66. The van der Waals surface area contributed by atoms with Gasteiger partial charge in [-0.1, -0.05) is 37.3 Å². The number of aryl methyl sites for hydroxylation is 1. The van der Waals surface area contributed by atoms with Crippen molar-refractivity contribution in [1.29, 1.82) is 0 Å². The molecule has 7 nitrogen and oxygen atoms in total. The summed E-state index contributed by atoms with van der Waals surface area (Å²) >= 11 is 1.65. The van der Waals surface area contributed by atoms with Crippen molar-refractivity contribution in [2.75, 3.05) is 13.6 Å². The van der Waals surface area contributed by atoms with Gasteiger partial charge in [0.2, 0.25) is 0 Å². The zero-order valence-corrected chi connectivity index (χ0v) is 18.6. The lowest BCUT2D eigenvalue weighted by molar-refractivity contribution is 0.632. The number of hydrogen-bond acceptors (Lipinski definition) is 5. The molecule has 0 saturated heterocycles. The predicted octanol–water partition coefficient (Wildman–Crippen LogP) is 2.95. The minimum absolute atomic E-state index is 0. The maximum Gasteiger partial charge on any atom is 0.191 e. The zero-order valence-electron chi connectivity index (χ0n) is 15.4. The van der Waals surface area contributed by atoms with E-state index in [0.717, 1.165) is 47.6 Å². The van der Waals surface area contributed by atoms with Gasteiger partial charge in [-0.2, -0.15) is 0 Å². The summed E-state index contributed by atoms with van der Waals surface area (Å²) in [6.07, 6.45) is 2.64. The highest BCUT2D eigenvalue weighted by molar-refractivity contribution is 14.0. The molecule has 1 aromatic carbocycles. The van der Waals surface area contributed by atoms with Crippen LogP contribution >= 0.6 is 35.3 Å². The number of aliphatic imine (C=N–C) groups is 1. The molecule has 0 fully saturated rings. The van der Waals surface area contributed by atoms with Gasteiger partial charge in [0.25, 0.3) is 0 Å². The summed E-state index contributed by atoms with van der Waals surface area (Å²) in [6.45, 7) is 4.25. The van der Waals surface area contributed by atoms with Crippen molar-refractivity contribution in [3.63, 3.8) is 0 Å². The zero-order chi connectivity index (χ0) is 18.2. The number of nitrogens with one attached hydrogen (secondary N) is 2. The Morgan fingerprint density at radius 1 is 1.22 bits per heavy atom. The summed E-state index contributed by atoms with van der Waals surface area (Å²) in [4.78, 5) is 8.94. The van der Waals surface area contributed by atoms with Crippen LogP contribution in [0.4, 0.5) is 0 Å². The van der Waals surface area contributed by atoms with E-state index in [4.69, 9.17) is 0 Å². The third-order valence-corrected chi connectivity index (χ3v) is 4.83. The minimum Gasteiger partial charge on any atom is -0.355 e. The molecule has 0 atom stereocenters. The molecule has 0 aliphatic heterocycles. The van der Waals surface area contributed by atoms with Crippen LogP contribution in [0.5, 0.6) is 0 Å². The topological polar surface area (TPSA) is 80.0 Å². The second kappa shape index (κ2) is 11.0. The summed E-state index contributed by atoms with van der Waals surface area (Å²) in [6, 6.07) is 10.2. The lowest BCUT2D eigenvalue weighted by atomic mass is 10.2. The molecule has 3 aromatic rings. The van der Waals surface area contributed by atoms with Gasteiger partial charge in [0.15, 0.2) is 5.96 Å². The highest BCUT2D eigenvalue weighted by Crippen LogP contribution is 2.23. The third kappa shape index (κ3) is 5.99. The summed E-state index contributed by atoms with van der Waals surface area (Å²) in [7, 11) is 1.77. The normalized spacial score (nSPS) is 11.1. The van der Waals surface area contributed by atoms with E-state index in [1.54, 1.807) is 24.7 Å². The van der Waals surface area contributed by atoms with Crippen molar-refractivity contribution in [2.24, 2.45) is 4.99 Å². The Labute approximate surface area is 180 Å². The molecular formula is C18H24IN7S.